The Bertz CT molecular complexity index is 372. The molecule has 0 saturated heterocycles. The summed E-state index contributed by atoms with van der Waals surface area (Å²) in [5.74, 6) is 0.355. The second-order valence-corrected chi connectivity index (χ2v) is 3.23. The maximum atomic E-state index is 12.6. The first-order chi connectivity index (χ1) is 7.49. The average molecular weight is 232 g/mol. The maximum Gasteiger partial charge on any atom is 0.416 e. The van der Waals surface area contributed by atoms with Gasteiger partial charge in [0, 0.05) is 6.42 Å². The van der Waals surface area contributed by atoms with Gasteiger partial charge in [-0.25, -0.2) is 0 Å². The van der Waals surface area contributed by atoms with Crippen LogP contribution in [0.5, 0.6) is 5.75 Å². The van der Waals surface area contributed by atoms with Crippen molar-refractivity contribution in [2.24, 2.45) is 0 Å². The molecule has 0 bridgehead atoms. The van der Waals surface area contributed by atoms with E-state index in [4.69, 9.17) is 4.74 Å². The monoisotopic (exact) mass is 232 g/mol. The molecule has 1 rings (SSSR count). The summed E-state index contributed by atoms with van der Waals surface area (Å²) in [6, 6.07) is 3.54. The zero-order chi connectivity index (χ0) is 12.2. The van der Waals surface area contributed by atoms with Crippen LogP contribution in [0, 0.1) is 0 Å². The van der Waals surface area contributed by atoms with E-state index in [0.717, 1.165) is 6.07 Å². The van der Waals surface area contributed by atoms with E-state index >= 15 is 0 Å². The minimum absolute atomic E-state index is 0.0650. The minimum Gasteiger partial charge on any atom is -0.497 e. The summed E-state index contributed by atoms with van der Waals surface area (Å²) in [6.45, 7) is 0. The van der Waals surface area contributed by atoms with E-state index in [1.165, 1.54) is 19.2 Å². The lowest BCUT2D eigenvalue weighted by atomic mass is 10.0. The quantitative estimate of drug-likeness (QED) is 0.746. The number of aldehydes is 1. The normalized spacial score (nSPS) is 11.2. The van der Waals surface area contributed by atoms with Crippen LogP contribution in [0.4, 0.5) is 13.2 Å². The number of alkyl halides is 3. The summed E-state index contributed by atoms with van der Waals surface area (Å²) in [5.41, 5.74) is -0.630. The van der Waals surface area contributed by atoms with Gasteiger partial charge in [0.25, 0.3) is 0 Å². The second kappa shape index (κ2) is 5.01. The van der Waals surface area contributed by atoms with Crippen molar-refractivity contribution >= 4 is 6.29 Å². The fourth-order valence-corrected chi connectivity index (χ4v) is 1.39. The summed E-state index contributed by atoms with van der Waals surface area (Å²) in [6.07, 6.45) is -3.67. The molecule has 5 heteroatoms. The van der Waals surface area contributed by atoms with E-state index in [-0.39, 0.29) is 18.4 Å². The number of carbonyl (C=O) groups excluding carboxylic acids is 1. The molecule has 0 saturated carbocycles. The van der Waals surface area contributed by atoms with Gasteiger partial charge in [0.1, 0.15) is 12.0 Å². The molecule has 88 valence electrons. The summed E-state index contributed by atoms with van der Waals surface area (Å²) in [5, 5.41) is 0. The first-order valence-corrected chi connectivity index (χ1v) is 4.66. The van der Waals surface area contributed by atoms with Crippen molar-refractivity contribution in [3.8, 4) is 5.75 Å². The Balaban J connectivity index is 3.11. The minimum atomic E-state index is -4.40. The Kier molecular flexibility index (Phi) is 3.93. The highest BCUT2D eigenvalue weighted by molar-refractivity contribution is 5.51. The largest absolute Gasteiger partial charge is 0.497 e. The third-order valence-corrected chi connectivity index (χ3v) is 2.15. The lowest BCUT2D eigenvalue weighted by Crippen LogP contribution is -2.09. The molecule has 0 amide bonds. The Morgan fingerprint density at radius 3 is 2.56 bits per heavy atom. The van der Waals surface area contributed by atoms with E-state index in [2.05, 4.69) is 0 Å². The predicted molar refractivity (Wildman–Crippen MR) is 52.4 cm³/mol. The number of carbonyl (C=O) groups is 1. The third-order valence-electron chi connectivity index (χ3n) is 2.15. The predicted octanol–water partition coefficient (Wildman–Crippen LogP) is 2.85. The van der Waals surface area contributed by atoms with Crippen LogP contribution in [0.15, 0.2) is 18.2 Å². The smallest absolute Gasteiger partial charge is 0.416 e. The van der Waals surface area contributed by atoms with Gasteiger partial charge in [0.05, 0.1) is 12.7 Å². The molecule has 0 spiro atoms. The number of hydrogen-bond donors (Lipinski definition) is 0. The molecule has 0 aliphatic carbocycles. The lowest BCUT2D eigenvalue weighted by Gasteiger charge is -2.13. The molecule has 0 radical (unpaired) electrons. The Morgan fingerprint density at radius 2 is 2.06 bits per heavy atom. The summed E-state index contributed by atoms with van der Waals surface area (Å²) in [7, 11) is 1.38. The molecule has 2 nitrogen and oxygen atoms in total. The molecule has 0 N–H and O–H groups in total. The zero-order valence-electron chi connectivity index (χ0n) is 8.67. The van der Waals surface area contributed by atoms with Gasteiger partial charge < -0.3 is 9.53 Å². The average Bonchev–Trinajstić information content (AvgIpc) is 2.24. The van der Waals surface area contributed by atoms with Gasteiger partial charge >= 0.3 is 6.18 Å². The van der Waals surface area contributed by atoms with E-state index in [0.29, 0.717) is 12.0 Å². The van der Waals surface area contributed by atoms with E-state index in [9.17, 15) is 18.0 Å². The highest BCUT2D eigenvalue weighted by Crippen LogP contribution is 2.34. The number of rotatable bonds is 4. The summed E-state index contributed by atoms with van der Waals surface area (Å²) < 4.78 is 42.6. The fraction of sp³-hybridized carbons (Fsp3) is 0.364. The van der Waals surface area contributed by atoms with Crippen LogP contribution in [0.25, 0.3) is 0 Å². The van der Waals surface area contributed by atoms with Gasteiger partial charge in [-0.05, 0) is 30.2 Å². The first-order valence-electron chi connectivity index (χ1n) is 4.66. The first kappa shape index (κ1) is 12.5. The Labute approximate surface area is 91.0 Å². The Hall–Kier alpha value is -1.52. The molecule has 0 aliphatic rings. The van der Waals surface area contributed by atoms with Crippen LogP contribution in [0.1, 0.15) is 17.5 Å². The maximum absolute atomic E-state index is 12.6. The van der Waals surface area contributed by atoms with Crippen LogP contribution in [0.2, 0.25) is 0 Å². The molecule has 0 unspecified atom stereocenters. The van der Waals surface area contributed by atoms with Crippen molar-refractivity contribution in [1.82, 2.24) is 0 Å². The van der Waals surface area contributed by atoms with Crippen molar-refractivity contribution < 1.29 is 22.7 Å². The van der Waals surface area contributed by atoms with Crippen molar-refractivity contribution in [3.63, 3.8) is 0 Å². The number of methoxy groups -OCH3 is 1. The van der Waals surface area contributed by atoms with Crippen molar-refractivity contribution in [2.75, 3.05) is 7.11 Å². The topological polar surface area (TPSA) is 26.3 Å². The van der Waals surface area contributed by atoms with Crippen molar-refractivity contribution in [3.05, 3.63) is 29.3 Å². The van der Waals surface area contributed by atoms with Crippen LogP contribution in [0.3, 0.4) is 0 Å². The van der Waals surface area contributed by atoms with E-state index in [1.807, 2.05) is 0 Å². The van der Waals surface area contributed by atoms with Crippen LogP contribution in [-0.2, 0) is 17.4 Å². The molecule has 1 aromatic rings. The zero-order valence-corrected chi connectivity index (χ0v) is 8.67. The highest BCUT2D eigenvalue weighted by Gasteiger charge is 2.33. The van der Waals surface area contributed by atoms with Gasteiger partial charge in [-0.2, -0.15) is 13.2 Å². The molecule has 0 aromatic heterocycles. The molecule has 0 fully saturated rings. The van der Waals surface area contributed by atoms with E-state index < -0.39 is 11.7 Å². The summed E-state index contributed by atoms with van der Waals surface area (Å²) in [4.78, 5) is 10.2. The van der Waals surface area contributed by atoms with Crippen molar-refractivity contribution in [2.45, 2.75) is 19.0 Å². The third kappa shape index (κ3) is 2.98. The van der Waals surface area contributed by atoms with Gasteiger partial charge in [0.15, 0.2) is 0 Å². The van der Waals surface area contributed by atoms with Crippen LogP contribution in [-0.4, -0.2) is 13.4 Å². The number of halogens is 3. The lowest BCUT2D eigenvalue weighted by molar-refractivity contribution is -0.138. The van der Waals surface area contributed by atoms with Crippen molar-refractivity contribution in [1.29, 1.82) is 0 Å². The summed E-state index contributed by atoms with van der Waals surface area (Å²) >= 11 is 0. The Morgan fingerprint density at radius 1 is 1.38 bits per heavy atom. The molecular weight excluding hydrogens is 221 g/mol. The molecule has 16 heavy (non-hydrogen) atoms. The number of ether oxygens (including phenoxy) is 1. The number of benzene rings is 1. The molecule has 0 heterocycles. The molecule has 1 aromatic carbocycles. The fourth-order valence-electron chi connectivity index (χ4n) is 1.39. The van der Waals surface area contributed by atoms with E-state index in [1.54, 1.807) is 0 Å². The second-order valence-electron chi connectivity index (χ2n) is 3.23. The standard InChI is InChI=1S/C11H11F3O2/c1-16-9-4-5-10(11(12,13)14)8(7-9)3-2-6-15/h4-7H,2-3H2,1H3. The number of hydrogen-bond acceptors (Lipinski definition) is 2. The van der Waals surface area contributed by atoms with Crippen LogP contribution < -0.4 is 4.74 Å². The van der Waals surface area contributed by atoms with Gasteiger partial charge in [-0.15, -0.1) is 0 Å². The molecular formula is C11H11F3O2. The SMILES string of the molecule is COc1ccc(C(F)(F)F)c(CCC=O)c1. The molecule has 0 aliphatic heterocycles. The van der Waals surface area contributed by atoms with Gasteiger partial charge in [-0.3, -0.25) is 0 Å². The highest BCUT2D eigenvalue weighted by atomic mass is 19.4. The number of aryl methyl sites for hydroxylation is 1. The van der Waals surface area contributed by atoms with Crippen LogP contribution >= 0.6 is 0 Å². The van der Waals surface area contributed by atoms with Gasteiger partial charge in [-0.1, -0.05) is 0 Å². The molecule has 0 atom stereocenters. The van der Waals surface area contributed by atoms with Gasteiger partial charge in [0.2, 0.25) is 0 Å².